The van der Waals surface area contributed by atoms with E-state index in [1.807, 2.05) is 35.0 Å². The predicted molar refractivity (Wildman–Crippen MR) is 58.0 cm³/mol. The van der Waals surface area contributed by atoms with Crippen molar-refractivity contribution in [2.75, 3.05) is 5.73 Å². The van der Waals surface area contributed by atoms with Crippen molar-refractivity contribution in [3.05, 3.63) is 30.5 Å². The van der Waals surface area contributed by atoms with Gasteiger partial charge in [-0.15, -0.1) is 0 Å². The summed E-state index contributed by atoms with van der Waals surface area (Å²) in [5.74, 6) is 0. The lowest BCUT2D eigenvalue weighted by atomic mass is 10.2. The monoisotopic (exact) mass is 190 g/mol. The molecule has 3 N–H and O–H groups in total. The molecule has 3 nitrogen and oxygen atoms in total. The van der Waals surface area contributed by atoms with Crippen LogP contribution in [0.4, 0.5) is 5.69 Å². The van der Waals surface area contributed by atoms with E-state index >= 15 is 0 Å². The van der Waals surface area contributed by atoms with Gasteiger partial charge in [0.15, 0.2) is 0 Å². The fourth-order valence-corrected chi connectivity index (χ4v) is 1.66. The summed E-state index contributed by atoms with van der Waals surface area (Å²) in [6, 6.07) is 7.80. The molecule has 0 bridgehead atoms. The van der Waals surface area contributed by atoms with Crippen LogP contribution in [0.1, 0.15) is 6.92 Å². The van der Waals surface area contributed by atoms with Gasteiger partial charge in [-0.05, 0) is 31.2 Å². The van der Waals surface area contributed by atoms with Crippen molar-refractivity contribution < 1.29 is 5.11 Å². The number of hydrogen-bond donors (Lipinski definition) is 2. The third-order valence-electron chi connectivity index (χ3n) is 2.26. The van der Waals surface area contributed by atoms with E-state index in [-0.39, 0.29) is 6.10 Å². The number of nitrogens with zero attached hydrogens (tertiary/aromatic N) is 1. The van der Waals surface area contributed by atoms with Gasteiger partial charge in [0.1, 0.15) is 0 Å². The van der Waals surface area contributed by atoms with Crippen LogP contribution >= 0.6 is 0 Å². The first-order valence-electron chi connectivity index (χ1n) is 4.69. The minimum Gasteiger partial charge on any atom is -0.399 e. The molecular weight excluding hydrogens is 176 g/mol. The van der Waals surface area contributed by atoms with Crippen LogP contribution in [0.3, 0.4) is 0 Å². The molecule has 1 atom stereocenters. The Balaban J connectivity index is 2.47. The van der Waals surface area contributed by atoms with Gasteiger partial charge < -0.3 is 15.4 Å². The molecule has 1 unspecified atom stereocenters. The molecule has 1 aromatic heterocycles. The van der Waals surface area contributed by atoms with E-state index in [9.17, 15) is 5.11 Å². The molecule has 1 heterocycles. The summed E-state index contributed by atoms with van der Waals surface area (Å²) in [6.07, 6.45) is 1.64. The molecule has 0 fully saturated rings. The molecule has 0 aliphatic rings. The van der Waals surface area contributed by atoms with E-state index in [0.717, 1.165) is 16.6 Å². The Morgan fingerprint density at radius 2 is 2.21 bits per heavy atom. The smallest absolute Gasteiger partial charge is 0.0691 e. The van der Waals surface area contributed by atoms with Crippen molar-refractivity contribution in [1.82, 2.24) is 4.57 Å². The van der Waals surface area contributed by atoms with Gasteiger partial charge in [0.2, 0.25) is 0 Å². The van der Waals surface area contributed by atoms with Crippen molar-refractivity contribution in [3.8, 4) is 0 Å². The average Bonchev–Trinajstić information content (AvgIpc) is 2.47. The molecule has 1 aromatic carbocycles. The zero-order chi connectivity index (χ0) is 10.1. The number of aliphatic hydroxyl groups is 1. The van der Waals surface area contributed by atoms with Gasteiger partial charge in [0.25, 0.3) is 0 Å². The number of benzene rings is 1. The number of hydrogen-bond acceptors (Lipinski definition) is 2. The number of aliphatic hydroxyl groups excluding tert-OH is 1. The van der Waals surface area contributed by atoms with Crippen molar-refractivity contribution in [2.45, 2.75) is 19.6 Å². The van der Waals surface area contributed by atoms with Crippen molar-refractivity contribution >= 4 is 16.6 Å². The molecule has 2 aromatic rings. The Morgan fingerprint density at radius 1 is 1.43 bits per heavy atom. The van der Waals surface area contributed by atoms with Gasteiger partial charge in [-0.25, -0.2) is 0 Å². The average molecular weight is 190 g/mol. The maximum Gasteiger partial charge on any atom is 0.0691 e. The van der Waals surface area contributed by atoms with Crippen LogP contribution in [0.15, 0.2) is 30.5 Å². The maximum atomic E-state index is 9.29. The lowest BCUT2D eigenvalue weighted by Crippen LogP contribution is -2.10. The minimum absolute atomic E-state index is 0.330. The summed E-state index contributed by atoms with van der Waals surface area (Å²) in [7, 11) is 0. The standard InChI is InChI=1S/C11H14N2O/c1-8(14)7-13-5-4-9-6-10(12)2-3-11(9)13/h2-6,8,14H,7,12H2,1H3. The highest BCUT2D eigenvalue weighted by Crippen LogP contribution is 2.18. The molecule has 0 saturated carbocycles. The largest absolute Gasteiger partial charge is 0.399 e. The Bertz CT molecular complexity index is 445. The van der Waals surface area contributed by atoms with Gasteiger partial charge in [0.05, 0.1) is 6.10 Å². The summed E-state index contributed by atoms with van der Waals surface area (Å²) >= 11 is 0. The van der Waals surface area contributed by atoms with E-state index in [1.54, 1.807) is 6.92 Å². The van der Waals surface area contributed by atoms with Crippen LogP contribution in [0.2, 0.25) is 0 Å². The zero-order valence-electron chi connectivity index (χ0n) is 8.14. The van der Waals surface area contributed by atoms with E-state index in [0.29, 0.717) is 6.54 Å². The quantitative estimate of drug-likeness (QED) is 0.707. The third kappa shape index (κ3) is 1.59. The number of nitrogens with two attached hydrogens (primary N) is 1. The van der Waals surface area contributed by atoms with E-state index in [2.05, 4.69) is 0 Å². The second-order valence-corrected chi connectivity index (χ2v) is 3.64. The number of anilines is 1. The van der Waals surface area contributed by atoms with Gasteiger partial charge in [-0.2, -0.15) is 0 Å². The molecule has 3 heteroatoms. The highest BCUT2D eigenvalue weighted by atomic mass is 16.3. The first-order chi connectivity index (χ1) is 6.66. The normalized spacial score (nSPS) is 13.3. The first kappa shape index (κ1) is 9.09. The van der Waals surface area contributed by atoms with Crippen molar-refractivity contribution in [2.24, 2.45) is 0 Å². The second-order valence-electron chi connectivity index (χ2n) is 3.64. The number of fused-ring (bicyclic) bond motifs is 1. The molecule has 0 amide bonds. The van der Waals surface area contributed by atoms with Gasteiger partial charge in [0, 0.05) is 29.3 Å². The van der Waals surface area contributed by atoms with E-state index in [1.165, 1.54) is 0 Å². The van der Waals surface area contributed by atoms with Gasteiger partial charge >= 0.3 is 0 Å². The van der Waals surface area contributed by atoms with E-state index < -0.39 is 0 Å². The Morgan fingerprint density at radius 3 is 2.93 bits per heavy atom. The molecule has 0 aliphatic carbocycles. The van der Waals surface area contributed by atoms with E-state index in [4.69, 9.17) is 5.73 Å². The van der Waals surface area contributed by atoms with Crippen LogP contribution in [0, 0.1) is 0 Å². The summed E-state index contributed by atoms with van der Waals surface area (Å²) in [5, 5.41) is 10.4. The number of rotatable bonds is 2. The van der Waals surface area contributed by atoms with Crippen LogP contribution in [-0.2, 0) is 6.54 Å². The number of aromatic nitrogens is 1. The second kappa shape index (κ2) is 3.35. The highest BCUT2D eigenvalue weighted by Gasteiger charge is 2.03. The Kier molecular flexibility index (Phi) is 2.17. The third-order valence-corrected chi connectivity index (χ3v) is 2.26. The van der Waals surface area contributed by atoms with Crippen LogP contribution in [0.25, 0.3) is 10.9 Å². The Hall–Kier alpha value is -1.48. The van der Waals surface area contributed by atoms with Crippen molar-refractivity contribution in [1.29, 1.82) is 0 Å². The molecule has 74 valence electrons. The summed E-state index contributed by atoms with van der Waals surface area (Å²) < 4.78 is 2.03. The van der Waals surface area contributed by atoms with Gasteiger partial charge in [-0.1, -0.05) is 0 Å². The summed E-state index contributed by atoms with van der Waals surface area (Å²) in [6.45, 7) is 2.40. The highest BCUT2D eigenvalue weighted by molar-refractivity contribution is 5.83. The lowest BCUT2D eigenvalue weighted by molar-refractivity contribution is 0.175. The first-order valence-corrected chi connectivity index (χ1v) is 4.69. The van der Waals surface area contributed by atoms with Crippen LogP contribution in [0.5, 0.6) is 0 Å². The molecule has 0 saturated heterocycles. The molecule has 0 spiro atoms. The summed E-state index contributed by atoms with van der Waals surface area (Å²) in [5.41, 5.74) is 7.56. The minimum atomic E-state index is -0.330. The number of nitrogen functional groups attached to an aromatic ring is 1. The molecule has 0 aliphatic heterocycles. The molecule has 2 rings (SSSR count). The molecule has 0 radical (unpaired) electrons. The van der Waals surface area contributed by atoms with Gasteiger partial charge in [-0.3, -0.25) is 0 Å². The van der Waals surface area contributed by atoms with Crippen LogP contribution in [-0.4, -0.2) is 15.8 Å². The Labute approximate surface area is 82.8 Å². The molecule has 14 heavy (non-hydrogen) atoms. The fourth-order valence-electron chi connectivity index (χ4n) is 1.66. The summed E-state index contributed by atoms with van der Waals surface area (Å²) in [4.78, 5) is 0. The van der Waals surface area contributed by atoms with Crippen molar-refractivity contribution in [3.63, 3.8) is 0 Å². The topological polar surface area (TPSA) is 51.2 Å². The maximum absolute atomic E-state index is 9.29. The SMILES string of the molecule is CC(O)Cn1ccc2cc(N)ccc21. The van der Waals surface area contributed by atoms with Crippen LogP contribution < -0.4 is 5.73 Å². The zero-order valence-corrected chi connectivity index (χ0v) is 8.14. The fraction of sp³-hybridized carbons (Fsp3) is 0.273. The molecular formula is C11H14N2O. The lowest BCUT2D eigenvalue weighted by Gasteiger charge is -2.07. The predicted octanol–water partition coefficient (Wildman–Crippen LogP) is 1.60.